The summed E-state index contributed by atoms with van der Waals surface area (Å²) < 4.78 is 7.28. The molecule has 0 aliphatic carbocycles. The van der Waals surface area contributed by atoms with Crippen molar-refractivity contribution in [3.63, 3.8) is 0 Å². The van der Waals surface area contributed by atoms with Crippen LogP contribution < -0.4 is 16.2 Å². The number of nitrogens with zero attached hydrogens (tertiary/aromatic N) is 2. The molecule has 4 rings (SSSR count). The summed E-state index contributed by atoms with van der Waals surface area (Å²) in [6.07, 6.45) is 1.78. The normalized spacial score (nSPS) is 15.5. The van der Waals surface area contributed by atoms with Crippen molar-refractivity contribution in [3.05, 3.63) is 63.9 Å². The zero-order valence-corrected chi connectivity index (χ0v) is 19.4. The highest BCUT2D eigenvalue weighted by Crippen LogP contribution is 2.21. The van der Waals surface area contributed by atoms with Gasteiger partial charge in [-0.3, -0.25) is 19.5 Å². The van der Waals surface area contributed by atoms with Gasteiger partial charge in [0.1, 0.15) is 0 Å². The quantitative estimate of drug-likeness (QED) is 0.425. The standard InChI is InChI=1S/C24H26N4O4S/c1-15-9-10-17(12-16(15)2)25-23(31)27-21(29)14-33-24-26-20-8-4-3-7-19(20)22(30)28(24)13-18-6-5-11-32-18/h3-4,7-10,12,18H,5-6,11,13-14H2,1-2H3,(H2,25,27,29,31). The van der Waals surface area contributed by atoms with E-state index in [0.717, 1.165) is 35.7 Å². The van der Waals surface area contributed by atoms with Gasteiger partial charge < -0.3 is 10.1 Å². The molecule has 33 heavy (non-hydrogen) atoms. The van der Waals surface area contributed by atoms with Gasteiger partial charge in [0, 0.05) is 12.3 Å². The summed E-state index contributed by atoms with van der Waals surface area (Å²) in [5.74, 6) is -0.538. The molecule has 2 heterocycles. The van der Waals surface area contributed by atoms with E-state index in [0.29, 0.717) is 34.9 Å². The van der Waals surface area contributed by atoms with E-state index < -0.39 is 11.9 Å². The molecule has 1 unspecified atom stereocenters. The Bertz CT molecular complexity index is 1250. The van der Waals surface area contributed by atoms with E-state index in [9.17, 15) is 14.4 Å². The second-order valence-corrected chi connectivity index (χ2v) is 8.99. The number of ether oxygens (including phenoxy) is 1. The maximum atomic E-state index is 13.1. The molecular weight excluding hydrogens is 440 g/mol. The highest BCUT2D eigenvalue weighted by Gasteiger charge is 2.21. The first-order chi connectivity index (χ1) is 15.9. The van der Waals surface area contributed by atoms with Crippen molar-refractivity contribution in [1.29, 1.82) is 0 Å². The first kappa shape index (κ1) is 23.0. The van der Waals surface area contributed by atoms with Crippen LogP contribution in [0.1, 0.15) is 24.0 Å². The number of rotatable bonds is 6. The number of hydrogen-bond donors (Lipinski definition) is 2. The number of urea groups is 1. The number of para-hydroxylation sites is 1. The average molecular weight is 467 g/mol. The number of nitrogens with one attached hydrogen (secondary N) is 2. The van der Waals surface area contributed by atoms with Gasteiger partial charge in [0.05, 0.1) is 29.3 Å². The number of anilines is 1. The van der Waals surface area contributed by atoms with Crippen molar-refractivity contribution in [2.24, 2.45) is 0 Å². The molecule has 3 aromatic rings. The number of fused-ring (bicyclic) bond motifs is 1. The third-order valence-corrected chi connectivity index (χ3v) is 6.56. The molecular formula is C24H26N4O4S. The minimum Gasteiger partial charge on any atom is -0.376 e. The Morgan fingerprint density at radius 2 is 2.00 bits per heavy atom. The fraction of sp³-hybridized carbons (Fsp3) is 0.333. The molecule has 1 saturated heterocycles. The Kier molecular flexibility index (Phi) is 7.10. The SMILES string of the molecule is Cc1ccc(NC(=O)NC(=O)CSc2nc3ccccc3c(=O)n2CC2CCCO2)cc1C. The molecule has 1 fully saturated rings. The minimum atomic E-state index is -0.605. The Morgan fingerprint density at radius 1 is 1.18 bits per heavy atom. The van der Waals surface area contributed by atoms with Gasteiger partial charge in [-0.2, -0.15) is 0 Å². The number of aromatic nitrogens is 2. The number of imide groups is 1. The summed E-state index contributed by atoms with van der Waals surface area (Å²) in [7, 11) is 0. The zero-order chi connectivity index (χ0) is 23.4. The topological polar surface area (TPSA) is 102 Å². The lowest BCUT2D eigenvalue weighted by atomic mass is 10.1. The summed E-state index contributed by atoms with van der Waals surface area (Å²) in [6, 6.07) is 12.1. The van der Waals surface area contributed by atoms with Gasteiger partial charge in [0.2, 0.25) is 5.91 Å². The Morgan fingerprint density at radius 3 is 2.76 bits per heavy atom. The van der Waals surface area contributed by atoms with Crippen LogP contribution in [0, 0.1) is 13.8 Å². The molecule has 0 bridgehead atoms. The van der Waals surface area contributed by atoms with E-state index in [1.165, 1.54) is 0 Å². The van der Waals surface area contributed by atoms with Crippen LogP contribution in [0.5, 0.6) is 0 Å². The van der Waals surface area contributed by atoms with E-state index >= 15 is 0 Å². The van der Waals surface area contributed by atoms with Crippen LogP contribution in [0.3, 0.4) is 0 Å². The van der Waals surface area contributed by atoms with Crippen LogP contribution in [0.25, 0.3) is 10.9 Å². The molecule has 2 aromatic carbocycles. The molecule has 0 saturated carbocycles. The molecule has 8 nitrogen and oxygen atoms in total. The van der Waals surface area contributed by atoms with Gasteiger partial charge in [-0.05, 0) is 62.1 Å². The molecule has 2 N–H and O–H groups in total. The van der Waals surface area contributed by atoms with Gasteiger partial charge in [0.25, 0.3) is 5.56 Å². The van der Waals surface area contributed by atoms with Crippen molar-refractivity contribution >= 4 is 40.3 Å². The predicted octanol–water partition coefficient (Wildman–Crippen LogP) is 3.63. The van der Waals surface area contributed by atoms with E-state index in [1.54, 1.807) is 28.8 Å². The monoisotopic (exact) mass is 466 g/mol. The van der Waals surface area contributed by atoms with Crippen LogP contribution in [-0.2, 0) is 16.1 Å². The van der Waals surface area contributed by atoms with Crippen molar-refractivity contribution in [2.45, 2.75) is 44.5 Å². The van der Waals surface area contributed by atoms with Crippen LogP contribution in [-0.4, -0.2) is 40.0 Å². The number of carbonyl (C=O) groups excluding carboxylic acids is 2. The van der Waals surface area contributed by atoms with Gasteiger partial charge in [-0.25, -0.2) is 9.78 Å². The summed E-state index contributed by atoms with van der Waals surface area (Å²) in [5.41, 5.74) is 3.18. The van der Waals surface area contributed by atoms with Crippen molar-refractivity contribution in [3.8, 4) is 0 Å². The number of benzene rings is 2. The fourth-order valence-electron chi connectivity index (χ4n) is 3.69. The van der Waals surface area contributed by atoms with Crippen LogP contribution >= 0.6 is 11.8 Å². The minimum absolute atomic E-state index is 0.0532. The second kappa shape index (κ2) is 10.2. The lowest BCUT2D eigenvalue weighted by molar-refractivity contribution is -0.117. The van der Waals surface area contributed by atoms with Gasteiger partial charge in [-0.15, -0.1) is 0 Å². The fourth-order valence-corrected chi connectivity index (χ4v) is 4.49. The van der Waals surface area contributed by atoms with Crippen LogP contribution in [0.2, 0.25) is 0 Å². The second-order valence-electron chi connectivity index (χ2n) is 8.05. The highest BCUT2D eigenvalue weighted by molar-refractivity contribution is 7.99. The van der Waals surface area contributed by atoms with Gasteiger partial charge in [0.15, 0.2) is 5.16 Å². The maximum Gasteiger partial charge on any atom is 0.325 e. The summed E-state index contributed by atoms with van der Waals surface area (Å²) in [5, 5.41) is 5.95. The molecule has 1 aliphatic heterocycles. The third kappa shape index (κ3) is 5.61. The van der Waals surface area contributed by atoms with Crippen molar-refractivity contribution < 1.29 is 14.3 Å². The number of hydrogen-bond acceptors (Lipinski definition) is 6. The van der Waals surface area contributed by atoms with Crippen LogP contribution in [0.4, 0.5) is 10.5 Å². The molecule has 172 valence electrons. The van der Waals surface area contributed by atoms with E-state index in [1.807, 2.05) is 32.0 Å². The molecule has 0 radical (unpaired) electrons. The lowest BCUT2D eigenvalue weighted by Gasteiger charge is -2.16. The first-order valence-electron chi connectivity index (χ1n) is 10.8. The van der Waals surface area contributed by atoms with Crippen LogP contribution in [0.15, 0.2) is 52.4 Å². The first-order valence-corrected chi connectivity index (χ1v) is 11.8. The molecule has 0 spiro atoms. The molecule has 1 atom stereocenters. The molecule has 9 heteroatoms. The summed E-state index contributed by atoms with van der Waals surface area (Å²) in [6.45, 7) is 5.00. The van der Waals surface area contributed by atoms with Gasteiger partial charge in [-0.1, -0.05) is 30.0 Å². The number of aryl methyl sites for hydroxylation is 2. The summed E-state index contributed by atoms with van der Waals surface area (Å²) in [4.78, 5) is 42.3. The smallest absolute Gasteiger partial charge is 0.325 e. The predicted molar refractivity (Wildman–Crippen MR) is 129 cm³/mol. The lowest BCUT2D eigenvalue weighted by Crippen LogP contribution is -2.36. The molecule has 1 aromatic heterocycles. The number of carbonyl (C=O) groups is 2. The van der Waals surface area contributed by atoms with Gasteiger partial charge >= 0.3 is 6.03 Å². The van der Waals surface area contributed by atoms with E-state index in [4.69, 9.17) is 4.74 Å². The maximum absolute atomic E-state index is 13.1. The molecule has 3 amide bonds. The Balaban J connectivity index is 1.45. The van der Waals surface area contributed by atoms with Crippen molar-refractivity contribution in [1.82, 2.24) is 14.9 Å². The van der Waals surface area contributed by atoms with E-state index in [-0.39, 0.29) is 17.4 Å². The number of amides is 3. The largest absolute Gasteiger partial charge is 0.376 e. The molecule has 1 aliphatic rings. The highest BCUT2D eigenvalue weighted by atomic mass is 32.2. The van der Waals surface area contributed by atoms with E-state index in [2.05, 4.69) is 15.6 Å². The Labute approximate surface area is 195 Å². The number of thioether (sulfide) groups is 1. The van der Waals surface area contributed by atoms with Crippen molar-refractivity contribution in [2.75, 3.05) is 17.7 Å². The third-order valence-electron chi connectivity index (χ3n) is 5.59. The Hall–Kier alpha value is -3.17. The summed E-state index contributed by atoms with van der Waals surface area (Å²) >= 11 is 1.12. The average Bonchev–Trinajstić information content (AvgIpc) is 3.30. The zero-order valence-electron chi connectivity index (χ0n) is 18.6.